The lowest BCUT2D eigenvalue weighted by Gasteiger charge is -2.35. The minimum atomic E-state index is -1.10. The van der Waals surface area contributed by atoms with E-state index in [-0.39, 0.29) is 53.6 Å². The van der Waals surface area contributed by atoms with Gasteiger partial charge in [-0.3, -0.25) is 19.2 Å². The fraction of sp³-hybridized carbons (Fsp3) is 0.667. The molecule has 268 valence electrons. The summed E-state index contributed by atoms with van der Waals surface area (Å²) in [5.74, 6) is -2.99. The minimum Gasteiger partial charge on any atom is -0.447 e. The fourth-order valence-electron chi connectivity index (χ4n) is 7.74. The molecule has 1 aliphatic heterocycles. The van der Waals surface area contributed by atoms with Gasteiger partial charge in [0.05, 0.1) is 12.1 Å². The van der Waals surface area contributed by atoms with Crippen LogP contribution < -0.4 is 27.0 Å². The van der Waals surface area contributed by atoms with E-state index in [2.05, 4.69) is 35.1 Å². The maximum atomic E-state index is 14.6. The van der Waals surface area contributed by atoms with E-state index in [4.69, 9.17) is 10.5 Å². The van der Waals surface area contributed by atoms with Crippen molar-refractivity contribution < 1.29 is 33.5 Å². The Morgan fingerprint density at radius 2 is 1.57 bits per heavy atom. The van der Waals surface area contributed by atoms with Crippen LogP contribution in [-0.4, -0.2) is 83.9 Å². The number of nitrogens with two attached hydrogens (primary N) is 1. The molecule has 1 aromatic rings. The molecule has 3 aliphatic carbocycles. The lowest BCUT2D eigenvalue weighted by Crippen LogP contribution is -2.61. The molecular formula is C36H52N6O7. The number of likely N-dealkylation sites (tertiary alicyclic amines) is 1. The number of rotatable bonds is 14. The Morgan fingerprint density at radius 3 is 2.12 bits per heavy atom. The fourth-order valence-corrected chi connectivity index (χ4v) is 7.74. The van der Waals surface area contributed by atoms with Gasteiger partial charge in [-0.1, -0.05) is 64.8 Å². The molecular weight excluding hydrogens is 628 g/mol. The Bertz CT molecular complexity index is 1450. The lowest BCUT2D eigenvalue weighted by molar-refractivity contribution is -0.144. The molecule has 0 radical (unpaired) electrons. The van der Waals surface area contributed by atoms with Crippen LogP contribution in [0.4, 0.5) is 9.59 Å². The molecule has 13 heteroatoms. The highest BCUT2D eigenvalue weighted by molar-refractivity contribution is 6.37. The van der Waals surface area contributed by atoms with Crippen LogP contribution in [0.1, 0.15) is 71.9 Å². The van der Waals surface area contributed by atoms with Crippen LogP contribution in [0.2, 0.25) is 0 Å². The van der Waals surface area contributed by atoms with Crippen molar-refractivity contribution in [1.82, 2.24) is 26.2 Å². The summed E-state index contributed by atoms with van der Waals surface area (Å²) in [4.78, 5) is 80.5. The van der Waals surface area contributed by atoms with Crippen LogP contribution in [0.3, 0.4) is 0 Å². The van der Waals surface area contributed by atoms with Gasteiger partial charge in [-0.25, -0.2) is 9.59 Å². The van der Waals surface area contributed by atoms with Gasteiger partial charge in [-0.2, -0.15) is 0 Å². The minimum absolute atomic E-state index is 0.0595. The molecule has 6 N–H and O–H groups in total. The Hall–Kier alpha value is -4.16. The number of carbonyl (C=O) groups excluding carboxylic acids is 6. The van der Waals surface area contributed by atoms with Crippen molar-refractivity contribution >= 4 is 35.6 Å². The highest BCUT2D eigenvalue weighted by Gasteiger charge is 2.70. The average Bonchev–Trinajstić information content (AvgIpc) is 3.78. The first-order chi connectivity index (χ1) is 23.1. The number of nitrogens with one attached hydrogen (secondary N) is 4. The summed E-state index contributed by atoms with van der Waals surface area (Å²) < 4.78 is 5.36. The second-order valence-electron chi connectivity index (χ2n) is 15.6. The number of primary amides is 1. The molecule has 3 fully saturated rings. The van der Waals surface area contributed by atoms with Gasteiger partial charge in [0.25, 0.3) is 5.91 Å². The van der Waals surface area contributed by atoms with E-state index in [0.29, 0.717) is 25.8 Å². The van der Waals surface area contributed by atoms with E-state index in [1.807, 2.05) is 52.0 Å². The topological polar surface area (TPSA) is 189 Å². The number of urea groups is 1. The van der Waals surface area contributed by atoms with Gasteiger partial charge >= 0.3 is 12.1 Å². The van der Waals surface area contributed by atoms with Crippen LogP contribution in [0.5, 0.6) is 0 Å². The van der Waals surface area contributed by atoms with Crippen molar-refractivity contribution in [3.8, 4) is 0 Å². The van der Waals surface area contributed by atoms with Gasteiger partial charge in [0.2, 0.25) is 17.6 Å². The number of carbonyl (C=O) groups is 6. The second kappa shape index (κ2) is 14.4. The third-order valence-electron chi connectivity index (χ3n) is 10.9. The second-order valence-corrected chi connectivity index (χ2v) is 15.6. The highest BCUT2D eigenvalue weighted by atomic mass is 16.5. The summed E-state index contributed by atoms with van der Waals surface area (Å²) >= 11 is 0. The number of hydrogen-bond donors (Lipinski definition) is 5. The first-order valence-electron chi connectivity index (χ1n) is 17.6. The van der Waals surface area contributed by atoms with Crippen molar-refractivity contribution in [2.45, 2.75) is 104 Å². The van der Waals surface area contributed by atoms with Crippen LogP contribution in [0.15, 0.2) is 24.3 Å². The highest BCUT2D eigenvalue weighted by Crippen LogP contribution is 2.65. The summed E-state index contributed by atoms with van der Waals surface area (Å²) in [7, 11) is 0. The lowest BCUT2D eigenvalue weighted by atomic mass is 9.93. The Morgan fingerprint density at radius 1 is 0.939 bits per heavy atom. The largest absolute Gasteiger partial charge is 0.447 e. The maximum absolute atomic E-state index is 14.6. The predicted molar refractivity (Wildman–Crippen MR) is 181 cm³/mol. The van der Waals surface area contributed by atoms with E-state index < -0.39 is 53.9 Å². The smallest absolute Gasteiger partial charge is 0.407 e. The number of ketones is 1. The summed E-state index contributed by atoms with van der Waals surface area (Å²) in [6.45, 7) is 11.8. The van der Waals surface area contributed by atoms with Crippen LogP contribution in [0.25, 0.3) is 0 Å². The summed E-state index contributed by atoms with van der Waals surface area (Å²) in [5, 5.41) is 11.3. The van der Waals surface area contributed by atoms with Gasteiger partial charge < -0.3 is 36.6 Å². The molecule has 0 spiro atoms. The first kappa shape index (κ1) is 36.1. The number of piperidine rings is 1. The molecule has 0 aromatic heterocycles. The van der Waals surface area contributed by atoms with E-state index in [9.17, 15) is 28.8 Å². The molecule has 6 amide bonds. The summed E-state index contributed by atoms with van der Waals surface area (Å²) in [5.41, 5.74) is 7.34. The van der Waals surface area contributed by atoms with Crippen molar-refractivity contribution in [2.24, 2.45) is 40.7 Å². The third-order valence-corrected chi connectivity index (χ3v) is 10.9. The molecule has 1 saturated heterocycles. The quantitative estimate of drug-likeness (QED) is 0.186. The van der Waals surface area contributed by atoms with E-state index >= 15 is 0 Å². The van der Waals surface area contributed by atoms with Crippen molar-refractivity contribution in [1.29, 1.82) is 0 Å². The molecule has 5 rings (SSSR count). The van der Waals surface area contributed by atoms with E-state index in [1.54, 1.807) is 4.90 Å². The molecule has 3 unspecified atom stereocenters. The number of hydrogen-bond acceptors (Lipinski definition) is 7. The molecule has 49 heavy (non-hydrogen) atoms. The van der Waals surface area contributed by atoms with E-state index in [0.717, 1.165) is 24.0 Å². The number of fused-ring (bicyclic) bond motifs is 2. The number of benzene rings is 1. The molecule has 2 saturated carbocycles. The number of Topliss-reactive ketones (excluding diaryl/α,β-unsaturated/α-hetero) is 1. The van der Waals surface area contributed by atoms with E-state index in [1.165, 1.54) is 0 Å². The third kappa shape index (κ3) is 8.18. The average molecular weight is 681 g/mol. The molecule has 13 nitrogen and oxygen atoms in total. The first-order valence-corrected chi connectivity index (χ1v) is 17.6. The van der Waals surface area contributed by atoms with Crippen LogP contribution in [0, 0.1) is 35.0 Å². The Kier molecular flexibility index (Phi) is 10.6. The zero-order valence-electron chi connectivity index (χ0n) is 29.4. The van der Waals surface area contributed by atoms with Crippen molar-refractivity contribution in [2.75, 3.05) is 13.2 Å². The normalized spacial score (nSPS) is 23.9. The molecule has 6 atom stereocenters. The molecule has 4 aliphatic rings. The Labute approximate surface area is 288 Å². The number of nitrogens with zero attached hydrogens (tertiary/aromatic N) is 1. The van der Waals surface area contributed by atoms with Crippen LogP contribution in [-0.2, 0) is 36.8 Å². The van der Waals surface area contributed by atoms with Gasteiger partial charge in [-0.15, -0.1) is 0 Å². The van der Waals surface area contributed by atoms with Gasteiger partial charge in [-0.05, 0) is 79.2 Å². The Balaban J connectivity index is 1.36. The zero-order chi connectivity index (χ0) is 35.8. The number of alkyl carbamates (subject to hydrolysis) is 1. The number of ether oxygens (including phenoxy) is 1. The summed E-state index contributed by atoms with van der Waals surface area (Å²) in [6.07, 6.45) is 2.71. The molecule has 1 heterocycles. The number of amides is 6. The molecule has 0 bridgehead atoms. The monoisotopic (exact) mass is 680 g/mol. The standard InChI is InChI=1S/C36H52N6O7/c1-18(2)26(17-49-35(48)38-19(3)4)40-34(47)41-28(23-14-21-9-7-8-10-22(21)15-23)33(46)42-16-24-27(36(24,5)6)29(42)32(45)39-25(13-20-11-12-20)30(43)31(37)44/h7-10,18-20,23-29H,11-17H2,1-6H3,(H2,37,44)(H,38,48)(H,39,45)(H2,40,41,47)/t24?,25?,26-,27?,28+,29+/m1/s1. The zero-order valence-corrected chi connectivity index (χ0v) is 29.4. The van der Waals surface area contributed by atoms with Gasteiger partial charge in [0.1, 0.15) is 18.7 Å². The SMILES string of the molecule is CC(C)NC(=O)OC[C@@H](NC(=O)N[C@H](C(=O)N1CC2C([C@H]1C(=O)NC(CC1CC1)C(=O)C(N)=O)C2(C)C)C1Cc2ccccc2C1)C(C)C. The molecule has 1 aromatic carbocycles. The van der Waals surface area contributed by atoms with Gasteiger partial charge in [0.15, 0.2) is 0 Å². The maximum Gasteiger partial charge on any atom is 0.407 e. The van der Waals surface area contributed by atoms with Crippen LogP contribution >= 0.6 is 0 Å². The van der Waals surface area contributed by atoms with Gasteiger partial charge in [0, 0.05) is 12.6 Å². The van der Waals surface area contributed by atoms with Crippen molar-refractivity contribution in [3.63, 3.8) is 0 Å². The van der Waals surface area contributed by atoms with Crippen molar-refractivity contribution in [3.05, 3.63) is 35.4 Å². The predicted octanol–water partition coefficient (Wildman–Crippen LogP) is 2.05. The summed E-state index contributed by atoms with van der Waals surface area (Å²) in [6, 6.07) is 3.84.